The van der Waals surface area contributed by atoms with E-state index in [0.29, 0.717) is 13.2 Å². The van der Waals surface area contributed by atoms with Crippen molar-refractivity contribution in [3.05, 3.63) is 0 Å². The van der Waals surface area contributed by atoms with E-state index in [9.17, 15) is 0 Å². The molecule has 2 unspecified atom stereocenters. The molecule has 0 radical (unpaired) electrons. The van der Waals surface area contributed by atoms with Gasteiger partial charge >= 0.3 is 0 Å². The summed E-state index contributed by atoms with van der Waals surface area (Å²) in [6, 6.07) is -0.153. The Kier molecular flexibility index (Phi) is 4.67. The van der Waals surface area contributed by atoms with Gasteiger partial charge in [0.15, 0.2) is 0 Å². The minimum Gasteiger partial charge on any atom is -0.389 e. The predicted octanol–water partition coefficient (Wildman–Crippen LogP) is -0.269. The summed E-state index contributed by atoms with van der Waals surface area (Å²) in [5, 5.41) is 8.75. The van der Waals surface area contributed by atoms with Gasteiger partial charge in [-0.3, -0.25) is 0 Å². The van der Waals surface area contributed by atoms with Gasteiger partial charge in [0.05, 0.1) is 25.4 Å². The van der Waals surface area contributed by atoms with Crippen LogP contribution in [0.5, 0.6) is 0 Å². The van der Waals surface area contributed by atoms with Gasteiger partial charge in [-0.2, -0.15) is 0 Å². The van der Waals surface area contributed by atoms with Crippen LogP contribution >= 0.6 is 0 Å². The molecule has 1 fully saturated rings. The van der Waals surface area contributed by atoms with Crippen LogP contribution in [0.1, 0.15) is 13.8 Å². The average molecular weight is 133 g/mol. The Balaban J connectivity index is 0.000000291. The number of hydrogen-bond acceptors (Lipinski definition) is 3. The topological polar surface area (TPSA) is 55.5 Å². The fourth-order valence-corrected chi connectivity index (χ4v) is 0.560. The zero-order chi connectivity index (χ0) is 7.28. The van der Waals surface area contributed by atoms with Gasteiger partial charge in [-0.1, -0.05) is 13.8 Å². The third-order valence-corrected chi connectivity index (χ3v) is 1.09. The van der Waals surface area contributed by atoms with Crippen molar-refractivity contribution in [2.45, 2.75) is 26.0 Å². The van der Waals surface area contributed by atoms with Gasteiger partial charge in [0.25, 0.3) is 0 Å². The highest BCUT2D eigenvalue weighted by Crippen LogP contribution is 2.00. The number of aliphatic hydroxyl groups is 1. The molecule has 3 nitrogen and oxygen atoms in total. The lowest BCUT2D eigenvalue weighted by atomic mass is 10.2. The Morgan fingerprint density at radius 2 is 2.00 bits per heavy atom. The summed E-state index contributed by atoms with van der Waals surface area (Å²) in [6.07, 6.45) is -0.431. The molecule has 0 aliphatic carbocycles. The third kappa shape index (κ3) is 2.79. The molecule has 1 saturated heterocycles. The number of aliphatic hydroxyl groups excluding tert-OH is 1. The second-order valence-corrected chi connectivity index (χ2v) is 1.77. The Hall–Kier alpha value is -0.120. The lowest BCUT2D eigenvalue weighted by Crippen LogP contribution is -2.32. The van der Waals surface area contributed by atoms with E-state index in [0.717, 1.165) is 0 Å². The highest BCUT2D eigenvalue weighted by molar-refractivity contribution is 4.75. The highest BCUT2D eigenvalue weighted by atomic mass is 16.5. The van der Waals surface area contributed by atoms with Crippen LogP contribution in [0, 0.1) is 0 Å². The first-order valence-corrected chi connectivity index (χ1v) is 3.32. The van der Waals surface area contributed by atoms with Crippen LogP contribution in [0.2, 0.25) is 0 Å². The zero-order valence-corrected chi connectivity index (χ0v) is 6.00. The SMILES string of the molecule is CC.NC1COCC1O. The largest absolute Gasteiger partial charge is 0.389 e. The summed E-state index contributed by atoms with van der Waals surface area (Å²) in [4.78, 5) is 0. The number of hydrogen-bond donors (Lipinski definition) is 2. The maximum Gasteiger partial charge on any atom is 0.0946 e. The average Bonchev–Trinajstić information content (AvgIpc) is 2.23. The Labute approximate surface area is 55.8 Å². The summed E-state index contributed by atoms with van der Waals surface area (Å²) in [7, 11) is 0. The molecule has 0 amide bonds. The second kappa shape index (κ2) is 4.73. The quantitative estimate of drug-likeness (QED) is 0.478. The number of ether oxygens (including phenoxy) is 1. The lowest BCUT2D eigenvalue weighted by Gasteiger charge is -2.01. The normalized spacial score (nSPS) is 33.3. The predicted molar refractivity (Wildman–Crippen MR) is 36.1 cm³/mol. The van der Waals surface area contributed by atoms with Gasteiger partial charge in [-0.15, -0.1) is 0 Å². The molecule has 0 aromatic heterocycles. The molecular formula is C6H15NO2. The van der Waals surface area contributed by atoms with Crippen molar-refractivity contribution in [1.82, 2.24) is 0 Å². The molecule has 1 heterocycles. The Morgan fingerprint density at radius 3 is 2.11 bits per heavy atom. The fraction of sp³-hybridized carbons (Fsp3) is 1.00. The first-order valence-electron chi connectivity index (χ1n) is 3.32. The van der Waals surface area contributed by atoms with E-state index in [4.69, 9.17) is 15.6 Å². The van der Waals surface area contributed by atoms with E-state index in [2.05, 4.69) is 0 Å². The Bertz CT molecular complexity index is 60.1. The van der Waals surface area contributed by atoms with E-state index in [1.165, 1.54) is 0 Å². The Morgan fingerprint density at radius 1 is 1.44 bits per heavy atom. The van der Waals surface area contributed by atoms with Gasteiger partial charge in [-0.25, -0.2) is 0 Å². The van der Waals surface area contributed by atoms with Crippen molar-refractivity contribution in [2.24, 2.45) is 5.73 Å². The molecule has 0 aromatic carbocycles. The first-order chi connectivity index (χ1) is 4.30. The maximum atomic E-state index is 8.75. The zero-order valence-electron chi connectivity index (χ0n) is 6.00. The molecule has 0 aromatic rings. The van der Waals surface area contributed by atoms with E-state index >= 15 is 0 Å². The summed E-state index contributed by atoms with van der Waals surface area (Å²) in [5.41, 5.74) is 5.30. The molecular weight excluding hydrogens is 118 g/mol. The highest BCUT2D eigenvalue weighted by Gasteiger charge is 2.21. The first kappa shape index (κ1) is 8.88. The number of nitrogens with two attached hydrogens (primary N) is 1. The summed E-state index contributed by atoms with van der Waals surface area (Å²) >= 11 is 0. The lowest BCUT2D eigenvalue weighted by molar-refractivity contribution is 0.125. The van der Waals surface area contributed by atoms with Crippen LogP contribution in [0.15, 0.2) is 0 Å². The van der Waals surface area contributed by atoms with Crippen molar-refractivity contribution in [3.63, 3.8) is 0 Å². The van der Waals surface area contributed by atoms with Crippen molar-refractivity contribution in [3.8, 4) is 0 Å². The third-order valence-electron chi connectivity index (χ3n) is 1.09. The van der Waals surface area contributed by atoms with E-state index in [1.54, 1.807) is 0 Å². The second-order valence-electron chi connectivity index (χ2n) is 1.77. The van der Waals surface area contributed by atoms with Gasteiger partial charge in [0, 0.05) is 0 Å². The fourth-order valence-electron chi connectivity index (χ4n) is 0.560. The van der Waals surface area contributed by atoms with Crippen LogP contribution in [-0.4, -0.2) is 30.5 Å². The van der Waals surface area contributed by atoms with Gasteiger partial charge in [0.2, 0.25) is 0 Å². The van der Waals surface area contributed by atoms with Crippen molar-refractivity contribution in [1.29, 1.82) is 0 Å². The van der Waals surface area contributed by atoms with Gasteiger partial charge < -0.3 is 15.6 Å². The van der Waals surface area contributed by atoms with Crippen LogP contribution < -0.4 is 5.73 Å². The molecule has 56 valence electrons. The summed E-state index contributed by atoms with van der Waals surface area (Å²) in [6.45, 7) is 4.91. The summed E-state index contributed by atoms with van der Waals surface area (Å²) < 4.78 is 4.79. The number of rotatable bonds is 0. The minimum atomic E-state index is -0.431. The van der Waals surface area contributed by atoms with Crippen LogP contribution in [0.4, 0.5) is 0 Å². The molecule has 1 aliphatic rings. The molecule has 3 N–H and O–H groups in total. The summed E-state index contributed by atoms with van der Waals surface area (Å²) in [5.74, 6) is 0. The maximum absolute atomic E-state index is 8.75. The van der Waals surface area contributed by atoms with E-state index in [1.807, 2.05) is 13.8 Å². The molecule has 0 spiro atoms. The van der Waals surface area contributed by atoms with Crippen LogP contribution in [0.25, 0.3) is 0 Å². The van der Waals surface area contributed by atoms with Gasteiger partial charge in [-0.05, 0) is 0 Å². The minimum absolute atomic E-state index is 0.153. The van der Waals surface area contributed by atoms with Crippen molar-refractivity contribution in [2.75, 3.05) is 13.2 Å². The van der Waals surface area contributed by atoms with Gasteiger partial charge in [0.1, 0.15) is 0 Å². The van der Waals surface area contributed by atoms with E-state index < -0.39 is 6.10 Å². The van der Waals surface area contributed by atoms with Crippen LogP contribution in [0.3, 0.4) is 0 Å². The van der Waals surface area contributed by atoms with E-state index in [-0.39, 0.29) is 6.04 Å². The van der Waals surface area contributed by atoms with Crippen molar-refractivity contribution < 1.29 is 9.84 Å². The smallest absolute Gasteiger partial charge is 0.0946 e. The standard InChI is InChI=1S/C4H9NO2.C2H6/c5-3-1-7-2-4(3)6;1-2/h3-4,6H,1-2,5H2;1-2H3. The molecule has 9 heavy (non-hydrogen) atoms. The molecule has 0 saturated carbocycles. The molecule has 3 heteroatoms. The van der Waals surface area contributed by atoms with Crippen molar-refractivity contribution >= 4 is 0 Å². The monoisotopic (exact) mass is 133 g/mol. The van der Waals surface area contributed by atoms with Crippen LogP contribution in [-0.2, 0) is 4.74 Å². The molecule has 0 bridgehead atoms. The molecule has 1 aliphatic heterocycles. The molecule has 1 rings (SSSR count). The molecule has 2 atom stereocenters.